The average Bonchev–Trinajstić information content (AvgIpc) is 2.30. The summed E-state index contributed by atoms with van der Waals surface area (Å²) in [5.41, 5.74) is 1.02. The lowest BCUT2D eigenvalue weighted by Crippen LogP contribution is -2.04. The van der Waals surface area contributed by atoms with Crippen LogP contribution in [0.5, 0.6) is 0 Å². The first kappa shape index (κ1) is 11.4. The molecule has 0 saturated carbocycles. The number of nitrogens with one attached hydrogen (secondary N) is 2. The lowest BCUT2D eigenvalue weighted by atomic mass is 10.3. The van der Waals surface area contributed by atoms with Crippen LogP contribution in [-0.4, -0.2) is 16.5 Å². The molecule has 1 aromatic heterocycles. The minimum absolute atomic E-state index is 0.752. The highest BCUT2D eigenvalue weighted by molar-refractivity contribution is 5.58. The Bertz CT molecular complexity index is 482. The summed E-state index contributed by atoms with van der Waals surface area (Å²) in [5.74, 6) is 2.40. The van der Waals surface area contributed by atoms with E-state index in [2.05, 4.69) is 20.6 Å². The summed E-state index contributed by atoms with van der Waals surface area (Å²) >= 11 is 0. The van der Waals surface area contributed by atoms with Crippen LogP contribution >= 0.6 is 0 Å². The number of nitrogens with zero attached hydrogens (tertiary/aromatic N) is 2. The Labute approximate surface area is 101 Å². The maximum absolute atomic E-state index is 4.35. The summed E-state index contributed by atoms with van der Waals surface area (Å²) in [4.78, 5) is 8.65. The van der Waals surface area contributed by atoms with E-state index in [1.807, 2.05) is 50.2 Å². The molecule has 0 amide bonds. The van der Waals surface area contributed by atoms with Crippen molar-refractivity contribution in [3.05, 3.63) is 42.2 Å². The zero-order chi connectivity index (χ0) is 12.1. The van der Waals surface area contributed by atoms with Gasteiger partial charge in [0.1, 0.15) is 17.5 Å². The van der Waals surface area contributed by atoms with Crippen LogP contribution in [0.15, 0.2) is 36.4 Å². The summed E-state index contributed by atoms with van der Waals surface area (Å²) in [6.07, 6.45) is 0. The fourth-order valence-electron chi connectivity index (χ4n) is 1.57. The number of rotatable bonds is 4. The van der Waals surface area contributed by atoms with E-state index < -0.39 is 0 Å². The van der Waals surface area contributed by atoms with E-state index in [4.69, 9.17) is 0 Å². The number of aromatic nitrogens is 2. The summed E-state index contributed by atoms with van der Waals surface area (Å²) < 4.78 is 0. The van der Waals surface area contributed by atoms with Crippen LogP contribution in [0.3, 0.4) is 0 Å². The van der Waals surface area contributed by atoms with E-state index in [9.17, 15) is 0 Å². The highest BCUT2D eigenvalue weighted by Crippen LogP contribution is 2.16. The Hall–Kier alpha value is -2.10. The molecule has 2 rings (SSSR count). The van der Waals surface area contributed by atoms with Crippen molar-refractivity contribution in [2.45, 2.75) is 13.8 Å². The Balaban J connectivity index is 2.21. The van der Waals surface area contributed by atoms with Gasteiger partial charge in [-0.3, -0.25) is 0 Å². The van der Waals surface area contributed by atoms with Gasteiger partial charge in [0.15, 0.2) is 0 Å². The molecule has 4 nitrogen and oxygen atoms in total. The maximum atomic E-state index is 4.35. The molecule has 4 heteroatoms. The molecule has 0 unspecified atom stereocenters. The lowest BCUT2D eigenvalue weighted by molar-refractivity contribution is 1.04. The molecular formula is C13H16N4. The van der Waals surface area contributed by atoms with Gasteiger partial charge in [0, 0.05) is 18.3 Å². The highest BCUT2D eigenvalue weighted by Gasteiger charge is 2.01. The molecule has 0 aliphatic heterocycles. The molecule has 0 spiro atoms. The highest BCUT2D eigenvalue weighted by atomic mass is 15.1. The van der Waals surface area contributed by atoms with Gasteiger partial charge in [-0.2, -0.15) is 0 Å². The van der Waals surface area contributed by atoms with Gasteiger partial charge in [-0.1, -0.05) is 18.2 Å². The van der Waals surface area contributed by atoms with Gasteiger partial charge in [0.25, 0.3) is 0 Å². The van der Waals surface area contributed by atoms with Gasteiger partial charge in [0.05, 0.1) is 0 Å². The third kappa shape index (κ3) is 3.17. The van der Waals surface area contributed by atoms with Crippen LogP contribution in [0.25, 0.3) is 0 Å². The van der Waals surface area contributed by atoms with Crippen molar-refractivity contribution in [1.82, 2.24) is 9.97 Å². The van der Waals surface area contributed by atoms with Crippen molar-refractivity contribution in [2.75, 3.05) is 17.2 Å². The van der Waals surface area contributed by atoms with E-state index in [1.165, 1.54) is 0 Å². The first-order valence-corrected chi connectivity index (χ1v) is 5.69. The number of hydrogen-bond donors (Lipinski definition) is 2. The number of aryl methyl sites for hydroxylation is 1. The van der Waals surface area contributed by atoms with Crippen LogP contribution in [0.2, 0.25) is 0 Å². The van der Waals surface area contributed by atoms with E-state index >= 15 is 0 Å². The fourth-order valence-corrected chi connectivity index (χ4v) is 1.57. The fraction of sp³-hybridized carbons (Fsp3) is 0.231. The van der Waals surface area contributed by atoms with Gasteiger partial charge in [-0.05, 0) is 26.0 Å². The summed E-state index contributed by atoms with van der Waals surface area (Å²) in [6.45, 7) is 4.78. The van der Waals surface area contributed by atoms with E-state index in [1.54, 1.807) is 0 Å². The molecule has 0 aliphatic rings. The third-order valence-corrected chi connectivity index (χ3v) is 2.24. The van der Waals surface area contributed by atoms with Crippen molar-refractivity contribution in [1.29, 1.82) is 0 Å². The Kier molecular flexibility index (Phi) is 3.55. The standard InChI is InChI=1S/C13H16N4/c1-3-14-12-9-13(16-10(2)15-12)17-11-7-5-4-6-8-11/h4-9H,3H2,1-2H3,(H2,14,15,16,17). The molecule has 88 valence electrons. The van der Waals surface area contributed by atoms with Crippen LogP contribution in [0.4, 0.5) is 17.3 Å². The Morgan fingerprint density at radius 2 is 1.76 bits per heavy atom. The topological polar surface area (TPSA) is 49.8 Å². The van der Waals surface area contributed by atoms with Gasteiger partial charge in [0.2, 0.25) is 0 Å². The molecule has 0 aliphatic carbocycles. The maximum Gasteiger partial charge on any atom is 0.136 e. The first-order chi connectivity index (χ1) is 8.28. The molecule has 0 fully saturated rings. The van der Waals surface area contributed by atoms with Gasteiger partial charge >= 0.3 is 0 Å². The summed E-state index contributed by atoms with van der Waals surface area (Å²) in [6, 6.07) is 11.9. The lowest BCUT2D eigenvalue weighted by Gasteiger charge is -2.08. The summed E-state index contributed by atoms with van der Waals surface area (Å²) in [5, 5.41) is 6.44. The van der Waals surface area contributed by atoms with Crippen LogP contribution in [-0.2, 0) is 0 Å². The molecule has 0 atom stereocenters. The predicted molar refractivity (Wildman–Crippen MR) is 70.7 cm³/mol. The molecule has 2 aromatic rings. The number of hydrogen-bond acceptors (Lipinski definition) is 4. The number of anilines is 3. The molecule has 2 N–H and O–H groups in total. The van der Waals surface area contributed by atoms with Crippen LogP contribution in [0, 0.1) is 6.92 Å². The normalized spacial score (nSPS) is 10.0. The Morgan fingerprint density at radius 1 is 1.06 bits per heavy atom. The van der Waals surface area contributed by atoms with Crippen molar-refractivity contribution in [2.24, 2.45) is 0 Å². The van der Waals surface area contributed by atoms with E-state index in [0.29, 0.717) is 0 Å². The van der Waals surface area contributed by atoms with Crippen LogP contribution < -0.4 is 10.6 Å². The summed E-state index contributed by atoms with van der Waals surface area (Å²) in [7, 11) is 0. The smallest absolute Gasteiger partial charge is 0.136 e. The SMILES string of the molecule is CCNc1cc(Nc2ccccc2)nc(C)n1. The molecular weight excluding hydrogens is 212 g/mol. The van der Waals surface area contributed by atoms with Crippen molar-refractivity contribution < 1.29 is 0 Å². The molecule has 0 radical (unpaired) electrons. The molecule has 1 heterocycles. The largest absolute Gasteiger partial charge is 0.370 e. The number of benzene rings is 1. The molecule has 0 bridgehead atoms. The van der Waals surface area contributed by atoms with Crippen LogP contribution in [0.1, 0.15) is 12.7 Å². The Morgan fingerprint density at radius 3 is 2.47 bits per heavy atom. The van der Waals surface area contributed by atoms with E-state index in [0.717, 1.165) is 29.7 Å². The monoisotopic (exact) mass is 228 g/mol. The average molecular weight is 228 g/mol. The minimum Gasteiger partial charge on any atom is -0.370 e. The second-order valence-corrected chi connectivity index (χ2v) is 3.71. The predicted octanol–water partition coefficient (Wildman–Crippen LogP) is 2.96. The van der Waals surface area contributed by atoms with E-state index in [-0.39, 0.29) is 0 Å². The number of para-hydroxylation sites is 1. The first-order valence-electron chi connectivity index (χ1n) is 5.69. The molecule has 1 aromatic carbocycles. The zero-order valence-electron chi connectivity index (χ0n) is 10.1. The minimum atomic E-state index is 0.752. The van der Waals surface area contributed by atoms with Crippen molar-refractivity contribution in [3.63, 3.8) is 0 Å². The quantitative estimate of drug-likeness (QED) is 0.844. The third-order valence-electron chi connectivity index (χ3n) is 2.24. The second kappa shape index (κ2) is 5.30. The van der Waals surface area contributed by atoms with Gasteiger partial charge in [-0.15, -0.1) is 0 Å². The van der Waals surface area contributed by atoms with Crippen molar-refractivity contribution in [3.8, 4) is 0 Å². The van der Waals surface area contributed by atoms with Crippen molar-refractivity contribution >= 4 is 17.3 Å². The molecule has 0 saturated heterocycles. The molecule has 17 heavy (non-hydrogen) atoms. The zero-order valence-corrected chi connectivity index (χ0v) is 10.1. The van der Waals surface area contributed by atoms with Gasteiger partial charge < -0.3 is 10.6 Å². The second-order valence-electron chi connectivity index (χ2n) is 3.71. The van der Waals surface area contributed by atoms with Gasteiger partial charge in [-0.25, -0.2) is 9.97 Å².